The van der Waals surface area contributed by atoms with Crippen LogP contribution in [0.3, 0.4) is 0 Å². The number of aliphatic hydroxyl groups is 2. The fraction of sp³-hybridized carbons (Fsp3) is 0.516. The second-order valence-corrected chi connectivity index (χ2v) is 10.5. The third-order valence-electron chi connectivity index (χ3n) is 7.85. The molecule has 1 saturated heterocycles. The van der Waals surface area contributed by atoms with Crippen molar-refractivity contribution in [2.24, 2.45) is 5.11 Å². The number of benzene rings is 2. The van der Waals surface area contributed by atoms with Crippen LogP contribution in [0.5, 0.6) is 0 Å². The predicted octanol–water partition coefficient (Wildman–Crippen LogP) is 5.67. The fourth-order valence-corrected chi connectivity index (χ4v) is 5.73. The van der Waals surface area contributed by atoms with Gasteiger partial charge >= 0.3 is 5.97 Å². The molecular weight excluding hydrogens is 524 g/mol. The maximum atomic E-state index is 13.6. The fourth-order valence-electron chi connectivity index (χ4n) is 5.73. The van der Waals surface area contributed by atoms with Crippen LogP contribution < -0.4 is 0 Å². The number of hydrogen-bond acceptors (Lipinski definition) is 7. The average Bonchev–Trinajstić information content (AvgIpc) is 3.44. The van der Waals surface area contributed by atoms with Crippen molar-refractivity contribution in [3.05, 3.63) is 82.4 Å². The monoisotopic (exact) mass is 564 g/mol. The number of aryl methyl sites for hydroxylation is 1. The van der Waals surface area contributed by atoms with Crippen LogP contribution in [0, 0.1) is 0 Å². The molecule has 0 bridgehead atoms. The van der Waals surface area contributed by atoms with Crippen LogP contribution in [0.1, 0.15) is 63.0 Å². The number of esters is 1. The Balaban J connectivity index is 1.67. The second kappa shape index (κ2) is 14.5. The molecule has 220 valence electrons. The third-order valence-corrected chi connectivity index (χ3v) is 7.85. The van der Waals surface area contributed by atoms with E-state index in [1.807, 2.05) is 61.5 Å². The highest BCUT2D eigenvalue weighted by molar-refractivity contribution is 5.85. The number of H-pyrrole nitrogens is 1. The van der Waals surface area contributed by atoms with Crippen LogP contribution in [0.2, 0.25) is 0 Å². The number of nitrogens with one attached hydrogen (secondary N) is 1. The summed E-state index contributed by atoms with van der Waals surface area (Å²) in [5.74, 6) is -1.89. The lowest BCUT2D eigenvalue weighted by molar-refractivity contribution is -0.384. The molecule has 0 radical (unpaired) electrons. The van der Waals surface area contributed by atoms with Gasteiger partial charge in [0.2, 0.25) is 5.79 Å². The minimum Gasteiger partial charge on any atom is -0.448 e. The Morgan fingerprint density at radius 1 is 1.15 bits per heavy atom. The standard InChI is InChI=1S/C31H40N4O6/c1-2-31(39-19-11-4-3-10-18-34-35-32)30(20-27(37)28(22-36)40-31,25-21-33-26-15-9-8-14-24(25)26)41-29(38)17-16-23-12-6-5-7-13-23/h5-9,12-15,21,27-28,33,36-37H,2-4,10-11,16-20,22H2,1H3/t27-,28+,30-,31+/m0/s1. The van der Waals surface area contributed by atoms with Gasteiger partial charge in [-0.3, -0.25) is 4.79 Å². The Hall–Kier alpha value is -3.40. The number of carbonyl (C=O) groups excluding carboxylic acids is 1. The number of aromatic nitrogens is 1. The number of rotatable bonds is 15. The predicted molar refractivity (Wildman–Crippen MR) is 155 cm³/mol. The summed E-state index contributed by atoms with van der Waals surface area (Å²) in [7, 11) is 0. The summed E-state index contributed by atoms with van der Waals surface area (Å²) >= 11 is 0. The summed E-state index contributed by atoms with van der Waals surface area (Å²) in [4.78, 5) is 19.6. The quantitative estimate of drug-likeness (QED) is 0.0711. The van der Waals surface area contributed by atoms with Gasteiger partial charge in [-0.1, -0.05) is 73.4 Å². The van der Waals surface area contributed by atoms with Gasteiger partial charge < -0.3 is 29.4 Å². The molecule has 2 heterocycles. The van der Waals surface area contributed by atoms with Crippen molar-refractivity contribution >= 4 is 16.9 Å². The van der Waals surface area contributed by atoms with E-state index < -0.39 is 36.2 Å². The summed E-state index contributed by atoms with van der Waals surface area (Å²) in [6, 6.07) is 17.4. The van der Waals surface area contributed by atoms with Gasteiger partial charge in [0, 0.05) is 53.4 Å². The van der Waals surface area contributed by atoms with Crippen LogP contribution >= 0.6 is 0 Å². The van der Waals surface area contributed by atoms with E-state index in [0.717, 1.165) is 35.7 Å². The van der Waals surface area contributed by atoms with Gasteiger partial charge in [-0.25, -0.2) is 0 Å². The molecule has 10 nitrogen and oxygen atoms in total. The number of fused-ring (bicyclic) bond motifs is 1. The number of azide groups is 1. The Bertz CT molecular complexity index is 1310. The largest absolute Gasteiger partial charge is 0.448 e. The second-order valence-electron chi connectivity index (χ2n) is 10.5. The van der Waals surface area contributed by atoms with E-state index in [9.17, 15) is 15.0 Å². The molecular formula is C31H40N4O6. The maximum absolute atomic E-state index is 13.6. The van der Waals surface area contributed by atoms with Gasteiger partial charge in [0.15, 0.2) is 5.60 Å². The number of para-hydroxylation sites is 1. The van der Waals surface area contributed by atoms with E-state index in [4.69, 9.17) is 19.7 Å². The molecule has 4 rings (SSSR count). The summed E-state index contributed by atoms with van der Waals surface area (Å²) < 4.78 is 19.4. The number of hydrogen-bond donors (Lipinski definition) is 3. The first-order valence-corrected chi connectivity index (χ1v) is 14.4. The first-order valence-electron chi connectivity index (χ1n) is 14.4. The molecule has 0 spiro atoms. The Morgan fingerprint density at radius 3 is 2.66 bits per heavy atom. The van der Waals surface area contributed by atoms with Gasteiger partial charge in [-0.15, -0.1) is 0 Å². The van der Waals surface area contributed by atoms with Crippen molar-refractivity contribution in [1.82, 2.24) is 4.98 Å². The topological polar surface area (TPSA) is 150 Å². The first kappa shape index (κ1) is 30.6. The molecule has 41 heavy (non-hydrogen) atoms. The highest BCUT2D eigenvalue weighted by Gasteiger charge is 2.63. The van der Waals surface area contributed by atoms with Crippen molar-refractivity contribution in [2.45, 2.75) is 81.9 Å². The highest BCUT2D eigenvalue weighted by atomic mass is 16.7. The van der Waals surface area contributed by atoms with Crippen molar-refractivity contribution in [1.29, 1.82) is 0 Å². The van der Waals surface area contributed by atoms with Crippen molar-refractivity contribution in [3.63, 3.8) is 0 Å². The molecule has 0 unspecified atom stereocenters. The van der Waals surface area contributed by atoms with E-state index in [0.29, 0.717) is 38.0 Å². The molecule has 1 aromatic heterocycles. The van der Waals surface area contributed by atoms with Crippen molar-refractivity contribution < 1.29 is 29.2 Å². The molecule has 0 saturated carbocycles. The Kier molecular flexibility index (Phi) is 10.8. The smallest absolute Gasteiger partial charge is 0.307 e. The summed E-state index contributed by atoms with van der Waals surface area (Å²) in [5.41, 5.74) is 9.51. The molecule has 1 aliphatic rings. The third kappa shape index (κ3) is 6.92. The van der Waals surface area contributed by atoms with Crippen LogP contribution in [0.25, 0.3) is 21.3 Å². The summed E-state index contributed by atoms with van der Waals surface area (Å²) in [5, 5.41) is 25.6. The van der Waals surface area contributed by atoms with Crippen molar-refractivity contribution in [2.75, 3.05) is 19.8 Å². The number of ether oxygens (including phenoxy) is 3. The zero-order chi connectivity index (χ0) is 29.1. The lowest BCUT2D eigenvalue weighted by Crippen LogP contribution is -2.66. The molecule has 2 aromatic carbocycles. The highest BCUT2D eigenvalue weighted by Crippen LogP contribution is 2.52. The zero-order valence-electron chi connectivity index (χ0n) is 23.6. The molecule has 3 aromatic rings. The number of unbranched alkanes of at least 4 members (excludes halogenated alkanes) is 3. The Labute approximate surface area is 240 Å². The number of aliphatic hydroxyl groups excluding tert-OH is 2. The number of nitrogens with zero attached hydrogens (tertiary/aromatic N) is 3. The molecule has 1 aliphatic heterocycles. The van der Waals surface area contributed by atoms with Crippen LogP contribution in [0.15, 0.2) is 65.9 Å². The van der Waals surface area contributed by atoms with Crippen LogP contribution in [-0.2, 0) is 31.0 Å². The molecule has 10 heteroatoms. The van der Waals surface area contributed by atoms with E-state index in [-0.39, 0.29) is 12.8 Å². The van der Waals surface area contributed by atoms with Crippen LogP contribution in [0.4, 0.5) is 0 Å². The molecule has 0 amide bonds. The zero-order valence-corrected chi connectivity index (χ0v) is 23.6. The SMILES string of the molecule is CC[C@@]1(OCCCCCCN=[N+]=[N-])O[C@H](CO)[C@@H](O)C[C@]1(OC(=O)CCc1ccccc1)c1c[nH]c2ccccc12. The normalized spacial score (nSPS) is 24.2. The lowest BCUT2D eigenvalue weighted by atomic mass is 9.75. The summed E-state index contributed by atoms with van der Waals surface area (Å²) in [6.45, 7) is 2.26. The maximum Gasteiger partial charge on any atom is 0.307 e. The van der Waals surface area contributed by atoms with Crippen LogP contribution in [-0.4, -0.2) is 58.9 Å². The van der Waals surface area contributed by atoms with E-state index in [1.165, 1.54) is 0 Å². The van der Waals surface area contributed by atoms with Crippen molar-refractivity contribution in [3.8, 4) is 0 Å². The average molecular weight is 565 g/mol. The van der Waals surface area contributed by atoms with Gasteiger partial charge in [0.1, 0.15) is 6.10 Å². The number of aromatic amines is 1. The molecule has 1 fully saturated rings. The van der Waals surface area contributed by atoms with Gasteiger partial charge in [0.25, 0.3) is 0 Å². The van der Waals surface area contributed by atoms with Gasteiger partial charge in [-0.2, -0.15) is 0 Å². The number of carbonyl (C=O) groups is 1. The minimum absolute atomic E-state index is 0.00282. The van der Waals surface area contributed by atoms with Gasteiger partial charge in [-0.05, 0) is 36.4 Å². The molecule has 0 aliphatic carbocycles. The van der Waals surface area contributed by atoms with E-state index in [1.54, 1.807) is 6.20 Å². The van der Waals surface area contributed by atoms with E-state index >= 15 is 0 Å². The Morgan fingerprint density at radius 2 is 1.90 bits per heavy atom. The molecule has 4 atom stereocenters. The summed E-state index contributed by atoms with van der Waals surface area (Å²) in [6.07, 6.45) is 3.96. The minimum atomic E-state index is -1.48. The lowest BCUT2D eigenvalue weighted by Gasteiger charge is -2.54. The van der Waals surface area contributed by atoms with Gasteiger partial charge in [0.05, 0.1) is 19.3 Å². The molecule has 3 N–H and O–H groups in total. The first-order chi connectivity index (χ1) is 20.0. The van der Waals surface area contributed by atoms with E-state index in [2.05, 4.69) is 15.0 Å².